The van der Waals surface area contributed by atoms with Gasteiger partial charge in [-0.1, -0.05) is 12.1 Å². The standard InChI is InChI=1S/C20H19N5O3/c1-27-16-5-3-4-14(10-16)13-24-8-9-25(20(24)26)18-7-6-17(19(23-18)28-2)15-11-21-22-12-15/h3-12H,13H2,1-2H3,(H,21,22). The van der Waals surface area contributed by atoms with Crippen LogP contribution >= 0.6 is 0 Å². The molecular formula is C20H19N5O3. The Kier molecular flexibility index (Phi) is 4.67. The second-order valence-electron chi connectivity index (χ2n) is 6.14. The third kappa shape index (κ3) is 3.27. The van der Waals surface area contributed by atoms with Gasteiger partial charge < -0.3 is 9.47 Å². The molecule has 3 heterocycles. The van der Waals surface area contributed by atoms with E-state index in [1.807, 2.05) is 30.3 Å². The molecule has 142 valence electrons. The molecular weight excluding hydrogens is 358 g/mol. The predicted molar refractivity (Wildman–Crippen MR) is 104 cm³/mol. The number of hydrogen-bond donors (Lipinski definition) is 1. The van der Waals surface area contributed by atoms with Crippen molar-refractivity contribution in [2.75, 3.05) is 14.2 Å². The Morgan fingerprint density at radius 2 is 2.00 bits per heavy atom. The number of rotatable bonds is 6. The lowest BCUT2D eigenvalue weighted by Gasteiger charge is -2.08. The molecule has 0 atom stereocenters. The molecule has 0 unspecified atom stereocenters. The maximum atomic E-state index is 12.8. The van der Waals surface area contributed by atoms with E-state index < -0.39 is 0 Å². The van der Waals surface area contributed by atoms with Crippen LogP contribution in [-0.4, -0.2) is 38.5 Å². The SMILES string of the molecule is COc1cccc(Cn2ccn(-c3ccc(-c4cn[nH]c4)c(OC)n3)c2=O)c1. The molecule has 0 saturated heterocycles. The monoisotopic (exact) mass is 377 g/mol. The van der Waals surface area contributed by atoms with Crippen LogP contribution in [0.4, 0.5) is 0 Å². The maximum absolute atomic E-state index is 12.8. The fourth-order valence-electron chi connectivity index (χ4n) is 3.01. The topological polar surface area (TPSA) is 87.0 Å². The molecule has 0 amide bonds. The summed E-state index contributed by atoms with van der Waals surface area (Å²) in [4.78, 5) is 17.3. The Bertz CT molecular complexity index is 1140. The van der Waals surface area contributed by atoms with Crippen LogP contribution < -0.4 is 15.2 Å². The van der Waals surface area contributed by atoms with E-state index in [9.17, 15) is 4.79 Å². The fraction of sp³-hybridized carbons (Fsp3) is 0.150. The molecule has 0 aliphatic rings. The summed E-state index contributed by atoms with van der Waals surface area (Å²) < 4.78 is 13.8. The van der Waals surface area contributed by atoms with Gasteiger partial charge in [-0.05, 0) is 29.8 Å². The molecule has 4 aromatic rings. The van der Waals surface area contributed by atoms with Crippen molar-refractivity contribution in [3.8, 4) is 28.6 Å². The Hall–Kier alpha value is -3.81. The fourth-order valence-corrected chi connectivity index (χ4v) is 3.01. The van der Waals surface area contributed by atoms with Crippen molar-refractivity contribution >= 4 is 0 Å². The van der Waals surface area contributed by atoms with E-state index in [1.54, 1.807) is 49.6 Å². The van der Waals surface area contributed by atoms with Crippen molar-refractivity contribution in [1.29, 1.82) is 0 Å². The van der Waals surface area contributed by atoms with Gasteiger partial charge in [0.05, 0.1) is 27.0 Å². The van der Waals surface area contributed by atoms with Crippen LogP contribution in [0.3, 0.4) is 0 Å². The zero-order valence-electron chi connectivity index (χ0n) is 15.5. The quantitative estimate of drug-likeness (QED) is 0.558. The van der Waals surface area contributed by atoms with E-state index >= 15 is 0 Å². The second kappa shape index (κ2) is 7.43. The number of aromatic nitrogens is 5. The second-order valence-corrected chi connectivity index (χ2v) is 6.14. The van der Waals surface area contributed by atoms with Crippen LogP contribution in [0.1, 0.15) is 5.56 Å². The summed E-state index contributed by atoms with van der Waals surface area (Å²) in [6.45, 7) is 0.438. The van der Waals surface area contributed by atoms with Gasteiger partial charge in [-0.15, -0.1) is 0 Å². The number of imidazole rings is 1. The molecule has 3 aromatic heterocycles. The van der Waals surface area contributed by atoms with Crippen LogP contribution in [0, 0.1) is 0 Å². The molecule has 1 N–H and O–H groups in total. The van der Waals surface area contributed by atoms with E-state index in [-0.39, 0.29) is 5.69 Å². The Morgan fingerprint density at radius 3 is 2.75 bits per heavy atom. The summed E-state index contributed by atoms with van der Waals surface area (Å²) >= 11 is 0. The molecule has 0 fully saturated rings. The largest absolute Gasteiger partial charge is 0.497 e. The Morgan fingerprint density at radius 1 is 1.11 bits per heavy atom. The average Bonchev–Trinajstić information content (AvgIpc) is 3.38. The molecule has 1 aromatic carbocycles. The minimum Gasteiger partial charge on any atom is -0.497 e. The smallest absolute Gasteiger partial charge is 0.334 e. The molecule has 0 saturated carbocycles. The molecule has 0 radical (unpaired) electrons. The Labute approximate surface area is 161 Å². The van der Waals surface area contributed by atoms with E-state index in [1.165, 1.54) is 4.57 Å². The molecule has 0 aliphatic carbocycles. The van der Waals surface area contributed by atoms with Crippen LogP contribution in [-0.2, 0) is 6.54 Å². The molecule has 4 rings (SSSR count). The Balaban J connectivity index is 1.66. The number of H-pyrrole nitrogens is 1. The number of ether oxygens (including phenoxy) is 2. The molecule has 0 bridgehead atoms. The third-order valence-electron chi connectivity index (χ3n) is 4.43. The van der Waals surface area contributed by atoms with E-state index in [2.05, 4.69) is 15.2 Å². The zero-order chi connectivity index (χ0) is 19.5. The first-order valence-corrected chi connectivity index (χ1v) is 8.65. The maximum Gasteiger partial charge on any atom is 0.334 e. The highest BCUT2D eigenvalue weighted by Gasteiger charge is 2.13. The summed E-state index contributed by atoms with van der Waals surface area (Å²) in [5.74, 6) is 1.66. The van der Waals surface area contributed by atoms with Crippen LogP contribution in [0.5, 0.6) is 11.6 Å². The first kappa shape index (κ1) is 17.6. The number of aromatic amines is 1. The molecule has 8 heteroatoms. The van der Waals surface area contributed by atoms with Gasteiger partial charge in [0.1, 0.15) is 11.6 Å². The van der Waals surface area contributed by atoms with Crippen molar-refractivity contribution < 1.29 is 9.47 Å². The summed E-state index contributed by atoms with van der Waals surface area (Å²) in [5.41, 5.74) is 2.44. The zero-order valence-corrected chi connectivity index (χ0v) is 15.5. The number of methoxy groups -OCH3 is 2. The van der Waals surface area contributed by atoms with E-state index in [4.69, 9.17) is 9.47 Å². The van der Waals surface area contributed by atoms with Crippen LogP contribution in [0.15, 0.2) is 66.0 Å². The molecule has 8 nitrogen and oxygen atoms in total. The number of pyridine rings is 1. The van der Waals surface area contributed by atoms with Crippen molar-refractivity contribution in [2.24, 2.45) is 0 Å². The van der Waals surface area contributed by atoms with Crippen LogP contribution in [0.25, 0.3) is 16.9 Å². The lowest BCUT2D eigenvalue weighted by molar-refractivity contribution is 0.399. The highest BCUT2D eigenvalue weighted by molar-refractivity contribution is 5.67. The molecule has 28 heavy (non-hydrogen) atoms. The number of benzene rings is 1. The number of hydrogen-bond acceptors (Lipinski definition) is 5. The summed E-state index contributed by atoms with van der Waals surface area (Å²) in [7, 11) is 3.17. The van der Waals surface area contributed by atoms with Gasteiger partial charge in [0.2, 0.25) is 5.88 Å². The van der Waals surface area contributed by atoms with Gasteiger partial charge in [0, 0.05) is 29.7 Å². The summed E-state index contributed by atoms with van der Waals surface area (Å²) in [6, 6.07) is 11.3. The number of nitrogens with zero attached hydrogens (tertiary/aromatic N) is 4. The van der Waals surface area contributed by atoms with Gasteiger partial charge in [0.25, 0.3) is 0 Å². The molecule has 0 spiro atoms. The minimum absolute atomic E-state index is 0.187. The lowest BCUT2D eigenvalue weighted by atomic mass is 10.1. The van der Waals surface area contributed by atoms with Gasteiger partial charge in [0.15, 0.2) is 0 Å². The normalized spacial score (nSPS) is 10.8. The molecule has 0 aliphatic heterocycles. The predicted octanol–water partition coefficient (Wildman–Crippen LogP) is 2.49. The van der Waals surface area contributed by atoms with Gasteiger partial charge in [-0.2, -0.15) is 10.1 Å². The van der Waals surface area contributed by atoms with Crippen LogP contribution in [0.2, 0.25) is 0 Å². The van der Waals surface area contributed by atoms with Gasteiger partial charge in [-0.25, -0.2) is 4.79 Å². The van der Waals surface area contributed by atoms with Crippen molar-refractivity contribution in [3.63, 3.8) is 0 Å². The summed E-state index contributed by atoms with van der Waals surface area (Å²) in [5, 5.41) is 6.72. The van der Waals surface area contributed by atoms with Crippen molar-refractivity contribution in [3.05, 3.63) is 77.2 Å². The first-order chi connectivity index (χ1) is 13.7. The summed E-state index contributed by atoms with van der Waals surface area (Å²) in [6.07, 6.45) is 6.88. The highest BCUT2D eigenvalue weighted by Crippen LogP contribution is 2.28. The minimum atomic E-state index is -0.187. The van der Waals surface area contributed by atoms with Gasteiger partial charge >= 0.3 is 5.69 Å². The van der Waals surface area contributed by atoms with Gasteiger partial charge in [-0.3, -0.25) is 14.2 Å². The van der Waals surface area contributed by atoms with E-state index in [0.717, 1.165) is 22.4 Å². The third-order valence-corrected chi connectivity index (χ3v) is 4.43. The van der Waals surface area contributed by atoms with E-state index in [0.29, 0.717) is 18.2 Å². The first-order valence-electron chi connectivity index (χ1n) is 8.65. The lowest BCUT2D eigenvalue weighted by Crippen LogP contribution is -2.24. The van der Waals surface area contributed by atoms with Crippen molar-refractivity contribution in [1.82, 2.24) is 24.3 Å². The average molecular weight is 377 g/mol. The number of nitrogens with one attached hydrogen (secondary N) is 1. The highest BCUT2D eigenvalue weighted by atomic mass is 16.5. The van der Waals surface area contributed by atoms with Crippen molar-refractivity contribution in [2.45, 2.75) is 6.54 Å².